The molecule has 0 aromatic heterocycles. The van der Waals surface area contributed by atoms with E-state index in [9.17, 15) is 0 Å². The Hall–Kier alpha value is -0.120. The summed E-state index contributed by atoms with van der Waals surface area (Å²) in [5.74, 6) is 0.930. The summed E-state index contributed by atoms with van der Waals surface area (Å²) in [6.45, 7) is 7.20. The molecular formula is C16H33N3. The van der Waals surface area contributed by atoms with E-state index in [2.05, 4.69) is 36.1 Å². The van der Waals surface area contributed by atoms with Crippen molar-refractivity contribution >= 4 is 0 Å². The predicted molar refractivity (Wildman–Crippen MR) is 82.6 cm³/mol. The minimum absolute atomic E-state index is 0.730. The van der Waals surface area contributed by atoms with Crippen molar-refractivity contribution in [1.82, 2.24) is 15.1 Å². The van der Waals surface area contributed by atoms with Crippen LogP contribution in [0.25, 0.3) is 0 Å². The summed E-state index contributed by atoms with van der Waals surface area (Å²) in [5.41, 5.74) is 0. The van der Waals surface area contributed by atoms with Gasteiger partial charge in [0.05, 0.1) is 0 Å². The first kappa shape index (κ1) is 15.3. The van der Waals surface area contributed by atoms with Crippen molar-refractivity contribution in [3.8, 4) is 0 Å². The largest absolute Gasteiger partial charge is 0.313 e. The second-order valence-electron chi connectivity index (χ2n) is 6.73. The fourth-order valence-electron chi connectivity index (χ4n) is 3.90. The molecule has 2 unspecified atom stereocenters. The Labute approximate surface area is 119 Å². The third kappa shape index (κ3) is 4.44. The molecule has 0 bridgehead atoms. The van der Waals surface area contributed by atoms with E-state index >= 15 is 0 Å². The van der Waals surface area contributed by atoms with Crippen molar-refractivity contribution in [3.05, 3.63) is 0 Å². The molecule has 1 saturated carbocycles. The van der Waals surface area contributed by atoms with Crippen molar-refractivity contribution in [2.75, 3.05) is 40.3 Å². The van der Waals surface area contributed by atoms with Gasteiger partial charge in [0.15, 0.2) is 0 Å². The van der Waals surface area contributed by atoms with Crippen LogP contribution >= 0.6 is 0 Å². The zero-order valence-electron chi connectivity index (χ0n) is 13.2. The van der Waals surface area contributed by atoms with Gasteiger partial charge in [-0.05, 0) is 58.8 Å². The number of hydrogen-bond acceptors (Lipinski definition) is 3. The highest BCUT2D eigenvalue weighted by molar-refractivity contribution is 4.86. The molecule has 1 aliphatic heterocycles. The maximum absolute atomic E-state index is 3.76. The zero-order chi connectivity index (χ0) is 13.7. The third-order valence-electron chi connectivity index (χ3n) is 5.10. The average Bonchev–Trinajstić information content (AvgIpc) is 2.92. The average molecular weight is 267 g/mol. The minimum atomic E-state index is 0.730. The number of likely N-dealkylation sites (tertiary alicyclic amines) is 1. The Kier molecular flexibility index (Phi) is 6.11. The lowest BCUT2D eigenvalue weighted by Crippen LogP contribution is -2.51. The molecule has 112 valence electrons. The number of piperidine rings is 1. The molecule has 0 aromatic carbocycles. The fraction of sp³-hybridized carbons (Fsp3) is 1.00. The summed E-state index contributed by atoms with van der Waals surface area (Å²) in [5, 5.41) is 3.76. The van der Waals surface area contributed by atoms with Gasteiger partial charge >= 0.3 is 0 Å². The van der Waals surface area contributed by atoms with E-state index in [1.807, 2.05) is 0 Å². The first-order valence-electron chi connectivity index (χ1n) is 8.33. The topological polar surface area (TPSA) is 18.5 Å². The van der Waals surface area contributed by atoms with Gasteiger partial charge in [0, 0.05) is 25.2 Å². The quantitative estimate of drug-likeness (QED) is 0.796. The van der Waals surface area contributed by atoms with Gasteiger partial charge in [0.25, 0.3) is 0 Å². The highest BCUT2D eigenvalue weighted by Crippen LogP contribution is 2.28. The molecular weight excluding hydrogens is 234 g/mol. The molecule has 1 aliphatic carbocycles. The molecule has 0 spiro atoms. The van der Waals surface area contributed by atoms with Gasteiger partial charge in [0.1, 0.15) is 0 Å². The summed E-state index contributed by atoms with van der Waals surface area (Å²) in [6.07, 6.45) is 8.54. The van der Waals surface area contributed by atoms with E-state index in [0.717, 1.165) is 24.5 Å². The van der Waals surface area contributed by atoms with E-state index in [-0.39, 0.29) is 0 Å². The standard InChI is InChI=1S/C16H33N3/c1-4-17-16(14-8-5-6-9-14)13-19-11-7-10-15(12-19)18(2)3/h14-17H,4-13H2,1-3H3. The maximum atomic E-state index is 3.76. The molecule has 0 radical (unpaired) electrons. The Morgan fingerprint density at radius 3 is 2.53 bits per heavy atom. The molecule has 19 heavy (non-hydrogen) atoms. The van der Waals surface area contributed by atoms with Gasteiger partial charge in [-0.1, -0.05) is 19.8 Å². The fourth-order valence-corrected chi connectivity index (χ4v) is 3.90. The Balaban J connectivity index is 1.85. The monoisotopic (exact) mass is 267 g/mol. The summed E-state index contributed by atoms with van der Waals surface area (Å²) in [4.78, 5) is 5.11. The summed E-state index contributed by atoms with van der Waals surface area (Å²) < 4.78 is 0. The second kappa shape index (κ2) is 7.61. The Bertz CT molecular complexity index is 248. The van der Waals surface area contributed by atoms with Gasteiger partial charge in [-0.3, -0.25) is 0 Å². The summed E-state index contributed by atoms with van der Waals surface area (Å²) >= 11 is 0. The van der Waals surface area contributed by atoms with E-state index in [4.69, 9.17) is 0 Å². The van der Waals surface area contributed by atoms with Crippen molar-refractivity contribution in [2.45, 2.75) is 57.5 Å². The lowest BCUT2D eigenvalue weighted by atomic mass is 9.96. The summed E-state index contributed by atoms with van der Waals surface area (Å²) in [7, 11) is 4.46. The van der Waals surface area contributed by atoms with Gasteiger partial charge in [0.2, 0.25) is 0 Å². The van der Waals surface area contributed by atoms with Gasteiger partial charge in [-0.25, -0.2) is 0 Å². The highest BCUT2D eigenvalue weighted by atomic mass is 15.2. The molecule has 2 rings (SSSR count). The molecule has 0 aromatic rings. The molecule has 1 saturated heterocycles. The van der Waals surface area contributed by atoms with Crippen molar-refractivity contribution in [1.29, 1.82) is 0 Å². The van der Waals surface area contributed by atoms with Crippen LogP contribution in [-0.2, 0) is 0 Å². The van der Waals surface area contributed by atoms with Crippen LogP contribution in [-0.4, -0.2) is 62.2 Å². The van der Waals surface area contributed by atoms with Crippen molar-refractivity contribution in [3.63, 3.8) is 0 Å². The van der Waals surface area contributed by atoms with E-state index < -0.39 is 0 Å². The highest BCUT2D eigenvalue weighted by Gasteiger charge is 2.28. The first-order chi connectivity index (χ1) is 9.20. The van der Waals surface area contributed by atoms with Gasteiger partial charge in [-0.15, -0.1) is 0 Å². The molecule has 3 nitrogen and oxygen atoms in total. The van der Waals surface area contributed by atoms with Crippen LogP contribution in [0.15, 0.2) is 0 Å². The van der Waals surface area contributed by atoms with Crippen LogP contribution < -0.4 is 5.32 Å². The number of hydrogen-bond donors (Lipinski definition) is 1. The van der Waals surface area contributed by atoms with Crippen LogP contribution in [0, 0.1) is 5.92 Å². The number of rotatable bonds is 6. The van der Waals surface area contributed by atoms with Crippen molar-refractivity contribution < 1.29 is 0 Å². The Morgan fingerprint density at radius 2 is 1.89 bits per heavy atom. The van der Waals surface area contributed by atoms with Gasteiger partial charge in [-0.2, -0.15) is 0 Å². The van der Waals surface area contributed by atoms with Gasteiger partial charge < -0.3 is 15.1 Å². The number of likely N-dealkylation sites (N-methyl/N-ethyl adjacent to an activating group) is 2. The van der Waals surface area contributed by atoms with E-state index in [1.165, 1.54) is 58.2 Å². The van der Waals surface area contributed by atoms with E-state index in [1.54, 1.807) is 0 Å². The molecule has 2 atom stereocenters. The zero-order valence-corrected chi connectivity index (χ0v) is 13.2. The smallest absolute Gasteiger partial charge is 0.0223 e. The van der Waals surface area contributed by atoms with Crippen LogP contribution in [0.3, 0.4) is 0 Å². The lowest BCUT2D eigenvalue weighted by molar-refractivity contribution is 0.114. The SMILES string of the molecule is CCNC(CN1CCCC(N(C)C)C1)C1CCCC1. The van der Waals surface area contributed by atoms with Crippen LogP contribution in [0.4, 0.5) is 0 Å². The van der Waals surface area contributed by atoms with Crippen LogP contribution in [0.2, 0.25) is 0 Å². The second-order valence-corrected chi connectivity index (χ2v) is 6.73. The summed E-state index contributed by atoms with van der Waals surface area (Å²) in [6, 6.07) is 1.49. The minimum Gasteiger partial charge on any atom is -0.313 e. The van der Waals surface area contributed by atoms with Crippen LogP contribution in [0.5, 0.6) is 0 Å². The van der Waals surface area contributed by atoms with E-state index in [0.29, 0.717) is 0 Å². The normalized spacial score (nSPS) is 28.1. The molecule has 0 amide bonds. The maximum Gasteiger partial charge on any atom is 0.0223 e. The predicted octanol–water partition coefficient (Wildman–Crippen LogP) is 2.18. The van der Waals surface area contributed by atoms with Crippen molar-refractivity contribution in [2.24, 2.45) is 5.92 Å². The lowest BCUT2D eigenvalue weighted by Gasteiger charge is -2.39. The molecule has 2 aliphatic rings. The van der Waals surface area contributed by atoms with Crippen LogP contribution in [0.1, 0.15) is 45.4 Å². The number of nitrogens with zero attached hydrogens (tertiary/aromatic N) is 2. The first-order valence-corrected chi connectivity index (χ1v) is 8.33. The molecule has 1 N–H and O–H groups in total. The Morgan fingerprint density at radius 1 is 1.16 bits per heavy atom. The third-order valence-corrected chi connectivity index (χ3v) is 5.10. The molecule has 3 heteroatoms. The molecule has 2 fully saturated rings. The number of nitrogens with one attached hydrogen (secondary N) is 1. The molecule has 1 heterocycles.